The number of thiocarbonyl (C=S) groups is 1. The van der Waals surface area contributed by atoms with Gasteiger partial charge >= 0.3 is 0 Å². The van der Waals surface area contributed by atoms with Gasteiger partial charge < -0.3 is 19.9 Å². The normalized spacial score (nSPS) is 14.6. The zero-order valence-electron chi connectivity index (χ0n) is 15.9. The van der Waals surface area contributed by atoms with E-state index in [0.717, 1.165) is 49.0 Å². The van der Waals surface area contributed by atoms with Crippen molar-refractivity contribution in [3.63, 3.8) is 0 Å². The number of likely N-dealkylation sites (N-methyl/N-ethyl adjacent to an activating group) is 1. The van der Waals surface area contributed by atoms with Crippen molar-refractivity contribution < 1.29 is 9.53 Å². The summed E-state index contributed by atoms with van der Waals surface area (Å²) in [6.45, 7) is 6.99. The first kappa shape index (κ1) is 20.6. The molecule has 1 amide bonds. The number of hydrogen-bond donors (Lipinski definition) is 1. The summed E-state index contributed by atoms with van der Waals surface area (Å²) in [6, 6.07) is 14.7. The number of halogens is 1. The molecular weight excluding hydrogens is 394 g/mol. The van der Waals surface area contributed by atoms with Crippen LogP contribution in [-0.4, -0.2) is 60.0 Å². The maximum atomic E-state index is 12.0. The Morgan fingerprint density at radius 2 is 1.86 bits per heavy atom. The molecule has 0 aliphatic carbocycles. The number of hydrogen-bond acceptors (Lipinski definition) is 4. The van der Waals surface area contributed by atoms with Crippen LogP contribution in [0.5, 0.6) is 5.75 Å². The number of amides is 1. The van der Waals surface area contributed by atoms with Gasteiger partial charge in [-0.3, -0.25) is 4.79 Å². The minimum absolute atomic E-state index is 0.114. The van der Waals surface area contributed by atoms with Gasteiger partial charge in [-0.05, 0) is 36.9 Å². The Morgan fingerprint density at radius 3 is 2.50 bits per heavy atom. The summed E-state index contributed by atoms with van der Waals surface area (Å²) < 4.78 is 5.57. The molecule has 148 valence electrons. The molecule has 7 heteroatoms. The second-order valence-electron chi connectivity index (χ2n) is 6.57. The van der Waals surface area contributed by atoms with E-state index in [9.17, 15) is 4.79 Å². The number of carbonyl (C=O) groups excluding carboxylic acids is 1. The molecule has 1 fully saturated rings. The smallest absolute Gasteiger partial charge is 0.262 e. The van der Waals surface area contributed by atoms with Gasteiger partial charge in [-0.15, -0.1) is 0 Å². The minimum atomic E-state index is -0.240. The van der Waals surface area contributed by atoms with E-state index < -0.39 is 0 Å². The zero-order chi connectivity index (χ0) is 19.9. The SMILES string of the molecule is CCN1CCN(C(=S)c2ccc(OCC(=O)Nc3ccccc3)c(Cl)c2)CC1. The molecule has 0 unspecified atom stereocenters. The molecule has 1 heterocycles. The average molecular weight is 418 g/mol. The lowest BCUT2D eigenvalue weighted by atomic mass is 10.2. The number of piperazine rings is 1. The van der Waals surface area contributed by atoms with Gasteiger partial charge in [0.25, 0.3) is 5.91 Å². The molecule has 0 saturated carbocycles. The van der Waals surface area contributed by atoms with Crippen LogP contribution in [0.1, 0.15) is 12.5 Å². The number of anilines is 1. The van der Waals surface area contributed by atoms with Crippen molar-refractivity contribution in [1.82, 2.24) is 9.80 Å². The summed E-state index contributed by atoms with van der Waals surface area (Å²) in [5, 5.41) is 3.22. The predicted molar refractivity (Wildman–Crippen MR) is 117 cm³/mol. The first-order valence-electron chi connectivity index (χ1n) is 9.35. The number of ether oxygens (including phenoxy) is 1. The van der Waals surface area contributed by atoms with Crippen molar-refractivity contribution >= 4 is 40.4 Å². The highest BCUT2D eigenvalue weighted by atomic mass is 35.5. The van der Waals surface area contributed by atoms with E-state index in [1.54, 1.807) is 12.1 Å². The fourth-order valence-electron chi connectivity index (χ4n) is 3.06. The Labute approximate surface area is 176 Å². The van der Waals surface area contributed by atoms with E-state index in [1.807, 2.05) is 36.4 Å². The van der Waals surface area contributed by atoms with Crippen LogP contribution in [0.4, 0.5) is 5.69 Å². The van der Waals surface area contributed by atoms with E-state index in [2.05, 4.69) is 22.0 Å². The molecule has 28 heavy (non-hydrogen) atoms. The number of benzene rings is 2. The van der Waals surface area contributed by atoms with Crippen LogP contribution >= 0.6 is 23.8 Å². The van der Waals surface area contributed by atoms with Gasteiger partial charge in [-0.1, -0.05) is 48.9 Å². The number of nitrogens with zero attached hydrogens (tertiary/aromatic N) is 2. The van der Waals surface area contributed by atoms with Gasteiger partial charge in [-0.25, -0.2) is 0 Å². The number of rotatable bonds is 6. The third-order valence-electron chi connectivity index (χ3n) is 4.70. The van der Waals surface area contributed by atoms with Gasteiger partial charge in [0.05, 0.1) is 5.02 Å². The summed E-state index contributed by atoms with van der Waals surface area (Å²) in [7, 11) is 0. The third-order valence-corrected chi connectivity index (χ3v) is 5.49. The van der Waals surface area contributed by atoms with Gasteiger partial charge in [0.15, 0.2) is 6.61 Å². The molecule has 3 rings (SSSR count). The van der Waals surface area contributed by atoms with Crippen LogP contribution in [0.2, 0.25) is 5.02 Å². The minimum Gasteiger partial charge on any atom is -0.482 e. The lowest BCUT2D eigenvalue weighted by Crippen LogP contribution is -2.48. The monoisotopic (exact) mass is 417 g/mol. The first-order valence-corrected chi connectivity index (χ1v) is 10.1. The van der Waals surface area contributed by atoms with Gasteiger partial charge in [-0.2, -0.15) is 0 Å². The van der Waals surface area contributed by atoms with E-state index in [1.165, 1.54) is 0 Å². The van der Waals surface area contributed by atoms with E-state index in [4.69, 9.17) is 28.6 Å². The first-order chi connectivity index (χ1) is 13.6. The second-order valence-corrected chi connectivity index (χ2v) is 7.37. The molecule has 5 nitrogen and oxygen atoms in total. The van der Waals surface area contributed by atoms with Crippen molar-refractivity contribution in [2.75, 3.05) is 44.6 Å². The van der Waals surface area contributed by atoms with Gasteiger partial charge in [0, 0.05) is 37.4 Å². The van der Waals surface area contributed by atoms with E-state index in [0.29, 0.717) is 10.8 Å². The number of carbonyl (C=O) groups is 1. The fourth-order valence-corrected chi connectivity index (χ4v) is 3.61. The van der Waals surface area contributed by atoms with E-state index >= 15 is 0 Å². The standard InChI is InChI=1S/C21H24ClN3O2S/c1-2-24-10-12-25(13-11-24)21(28)16-8-9-19(18(22)14-16)27-15-20(26)23-17-6-4-3-5-7-17/h3-9,14H,2,10-13,15H2,1H3,(H,23,26). The molecular formula is C21H24ClN3O2S. The summed E-state index contributed by atoms with van der Waals surface area (Å²) >= 11 is 12.0. The molecule has 0 spiro atoms. The maximum Gasteiger partial charge on any atom is 0.262 e. The Morgan fingerprint density at radius 1 is 1.14 bits per heavy atom. The topological polar surface area (TPSA) is 44.8 Å². The summed E-state index contributed by atoms with van der Waals surface area (Å²) in [5.74, 6) is 0.225. The molecule has 0 bridgehead atoms. The fraction of sp³-hybridized carbons (Fsp3) is 0.333. The maximum absolute atomic E-state index is 12.0. The van der Waals surface area contributed by atoms with Crippen LogP contribution in [0.3, 0.4) is 0 Å². The Balaban J connectivity index is 1.55. The van der Waals surface area contributed by atoms with Crippen LogP contribution in [0.25, 0.3) is 0 Å². The molecule has 2 aromatic rings. The lowest BCUT2D eigenvalue weighted by Gasteiger charge is -2.35. The van der Waals surface area contributed by atoms with E-state index in [-0.39, 0.29) is 12.5 Å². The molecule has 2 aromatic carbocycles. The van der Waals surface area contributed by atoms with Crippen molar-refractivity contribution in [3.8, 4) is 5.75 Å². The van der Waals surface area contributed by atoms with Crippen molar-refractivity contribution in [3.05, 3.63) is 59.1 Å². The summed E-state index contributed by atoms with van der Waals surface area (Å²) in [5.41, 5.74) is 1.62. The van der Waals surface area contributed by atoms with Crippen LogP contribution in [-0.2, 0) is 4.79 Å². The Hall–Kier alpha value is -2.15. The quantitative estimate of drug-likeness (QED) is 0.726. The van der Waals surface area contributed by atoms with Crippen LogP contribution in [0, 0.1) is 0 Å². The highest BCUT2D eigenvalue weighted by Gasteiger charge is 2.19. The van der Waals surface area contributed by atoms with Crippen molar-refractivity contribution in [2.24, 2.45) is 0 Å². The largest absolute Gasteiger partial charge is 0.482 e. The number of nitrogens with one attached hydrogen (secondary N) is 1. The summed E-state index contributed by atoms with van der Waals surface area (Å²) in [4.78, 5) is 17.4. The molecule has 0 aromatic heterocycles. The van der Waals surface area contributed by atoms with Crippen molar-refractivity contribution in [1.29, 1.82) is 0 Å². The molecule has 1 saturated heterocycles. The highest BCUT2D eigenvalue weighted by molar-refractivity contribution is 7.80. The third kappa shape index (κ3) is 5.44. The molecule has 0 radical (unpaired) electrons. The lowest BCUT2D eigenvalue weighted by molar-refractivity contribution is -0.118. The average Bonchev–Trinajstić information content (AvgIpc) is 2.73. The highest BCUT2D eigenvalue weighted by Crippen LogP contribution is 2.26. The van der Waals surface area contributed by atoms with Gasteiger partial charge in [0.1, 0.15) is 10.7 Å². The number of para-hydroxylation sites is 1. The Bertz CT molecular complexity index is 824. The Kier molecular flexibility index (Phi) is 7.25. The predicted octanol–water partition coefficient (Wildman–Crippen LogP) is 3.67. The van der Waals surface area contributed by atoms with Crippen LogP contribution < -0.4 is 10.1 Å². The molecule has 1 aliphatic rings. The molecule has 0 atom stereocenters. The summed E-state index contributed by atoms with van der Waals surface area (Å²) in [6.07, 6.45) is 0. The zero-order valence-corrected chi connectivity index (χ0v) is 17.4. The second kappa shape index (κ2) is 9.87. The molecule has 1 N–H and O–H groups in total. The van der Waals surface area contributed by atoms with Crippen molar-refractivity contribution in [2.45, 2.75) is 6.92 Å². The molecule has 1 aliphatic heterocycles. The van der Waals surface area contributed by atoms with Gasteiger partial charge in [0.2, 0.25) is 0 Å². The van der Waals surface area contributed by atoms with Crippen LogP contribution in [0.15, 0.2) is 48.5 Å².